The second kappa shape index (κ2) is 11.1. The van der Waals surface area contributed by atoms with Crippen LogP contribution in [0.3, 0.4) is 0 Å². The molecule has 0 atom stereocenters. The summed E-state index contributed by atoms with van der Waals surface area (Å²) in [7, 11) is 0. The third-order valence-electron chi connectivity index (χ3n) is 5.55. The molecule has 2 rings (SSSR count). The van der Waals surface area contributed by atoms with E-state index >= 15 is 0 Å². The smallest absolute Gasteiger partial charge is 0.335 e. The quantitative estimate of drug-likeness (QED) is 0.202. The van der Waals surface area contributed by atoms with Gasteiger partial charge in [0.05, 0.1) is 0 Å². The monoisotopic (exact) mass is 342 g/mol. The first kappa shape index (κ1) is 19.8. The van der Waals surface area contributed by atoms with E-state index in [0.29, 0.717) is 11.7 Å². The van der Waals surface area contributed by atoms with Gasteiger partial charge in [0.1, 0.15) is 5.75 Å². The zero-order valence-electron chi connectivity index (χ0n) is 15.8. The second-order valence-corrected chi connectivity index (χ2v) is 7.47. The number of carbonyl (C=O) groups excluding carboxylic acids is 1. The Morgan fingerprint density at radius 1 is 1.04 bits per heavy atom. The van der Waals surface area contributed by atoms with Gasteiger partial charge in [-0.3, -0.25) is 0 Å². The molecule has 2 heteroatoms. The lowest BCUT2D eigenvalue weighted by Crippen LogP contribution is -2.13. The molecular weight excluding hydrogens is 308 g/mol. The Morgan fingerprint density at radius 2 is 1.68 bits per heavy atom. The van der Waals surface area contributed by atoms with E-state index in [9.17, 15) is 4.79 Å². The Hall–Kier alpha value is -1.57. The number of carbonyl (C=O) groups is 1. The number of esters is 1. The van der Waals surface area contributed by atoms with Crippen molar-refractivity contribution in [1.82, 2.24) is 0 Å². The fourth-order valence-electron chi connectivity index (χ4n) is 3.96. The molecule has 1 aromatic carbocycles. The summed E-state index contributed by atoms with van der Waals surface area (Å²) in [6, 6.07) is 8.03. The van der Waals surface area contributed by atoms with Gasteiger partial charge in [-0.1, -0.05) is 70.6 Å². The molecule has 0 saturated heterocycles. The molecule has 1 aromatic rings. The number of benzene rings is 1. The lowest BCUT2D eigenvalue weighted by molar-refractivity contribution is -0.128. The molecule has 138 valence electrons. The van der Waals surface area contributed by atoms with E-state index in [-0.39, 0.29) is 0 Å². The highest BCUT2D eigenvalue weighted by Crippen LogP contribution is 2.38. The summed E-state index contributed by atoms with van der Waals surface area (Å²) in [5.41, 5.74) is 1.39. The minimum atomic E-state index is -0.400. The van der Waals surface area contributed by atoms with Crippen LogP contribution in [0.4, 0.5) is 0 Å². The van der Waals surface area contributed by atoms with Gasteiger partial charge in [0.25, 0.3) is 0 Å². The SMILES string of the molecule is C=CC(=O)Oc1ccc(C2CCC(CCCCCCCC)CC2)cc1. The van der Waals surface area contributed by atoms with Crippen molar-refractivity contribution in [2.24, 2.45) is 5.92 Å². The van der Waals surface area contributed by atoms with E-state index in [2.05, 4.69) is 25.6 Å². The Bertz CT molecular complexity index is 509. The van der Waals surface area contributed by atoms with Crippen molar-refractivity contribution >= 4 is 5.97 Å². The van der Waals surface area contributed by atoms with E-state index in [1.54, 1.807) is 0 Å². The van der Waals surface area contributed by atoms with Crippen LogP contribution in [0.5, 0.6) is 5.75 Å². The molecule has 25 heavy (non-hydrogen) atoms. The van der Waals surface area contributed by atoms with Crippen LogP contribution < -0.4 is 4.74 Å². The zero-order valence-corrected chi connectivity index (χ0v) is 15.8. The van der Waals surface area contributed by atoms with E-state index in [1.165, 1.54) is 82.3 Å². The maximum atomic E-state index is 11.2. The van der Waals surface area contributed by atoms with E-state index in [0.717, 1.165) is 5.92 Å². The molecular formula is C23H34O2. The van der Waals surface area contributed by atoms with Crippen molar-refractivity contribution in [3.63, 3.8) is 0 Å². The van der Waals surface area contributed by atoms with E-state index in [4.69, 9.17) is 4.74 Å². The Morgan fingerprint density at radius 3 is 2.32 bits per heavy atom. The topological polar surface area (TPSA) is 26.3 Å². The number of unbranched alkanes of at least 4 members (excludes halogenated alkanes) is 5. The summed E-state index contributed by atoms with van der Waals surface area (Å²) in [5, 5.41) is 0. The molecule has 0 bridgehead atoms. The van der Waals surface area contributed by atoms with Gasteiger partial charge in [0.15, 0.2) is 0 Å². The fraction of sp³-hybridized carbons (Fsp3) is 0.609. The molecule has 0 heterocycles. The van der Waals surface area contributed by atoms with Crippen LogP contribution in [-0.2, 0) is 4.79 Å². The van der Waals surface area contributed by atoms with Crippen molar-refractivity contribution in [2.45, 2.75) is 83.5 Å². The lowest BCUT2D eigenvalue weighted by atomic mass is 9.77. The number of ether oxygens (including phenoxy) is 1. The van der Waals surface area contributed by atoms with Gasteiger partial charge < -0.3 is 4.74 Å². The summed E-state index contributed by atoms with van der Waals surface area (Å²) in [4.78, 5) is 11.2. The van der Waals surface area contributed by atoms with E-state index in [1.807, 2.05) is 12.1 Å². The van der Waals surface area contributed by atoms with Crippen LogP contribution in [0.15, 0.2) is 36.9 Å². The summed E-state index contributed by atoms with van der Waals surface area (Å²) >= 11 is 0. The standard InChI is InChI=1S/C23H34O2/c1-3-5-6-7-8-9-10-19-11-13-20(14-12-19)21-15-17-22(18-16-21)25-23(24)4-2/h4,15-20H,2-3,5-14H2,1H3. The molecule has 0 amide bonds. The molecule has 0 N–H and O–H groups in total. The molecule has 1 aliphatic rings. The number of hydrogen-bond acceptors (Lipinski definition) is 2. The predicted molar refractivity (Wildman–Crippen MR) is 105 cm³/mol. The molecule has 1 aliphatic carbocycles. The summed E-state index contributed by atoms with van der Waals surface area (Å²) in [6.45, 7) is 5.70. The molecule has 2 nitrogen and oxygen atoms in total. The number of hydrogen-bond donors (Lipinski definition) is 0. The van der Waals surface area contributed by atoms with Gasteiger partial charge in [-0.15, -0.1) is 0 Å². The highest BCUT2D eigenvalue weighted by atomic mass is 16.5. The van der Waals surface area contributed by atoms with Gasteiger partial charge in [-0.05, 0) is 55.2 Å². The maximum Gasteiger partial charge on any atom is 0.335 e. The zero-order chi connectivity index (χ0) is 17.9. The molecule has 0 aromatic heterocycles. The lowest BCUT2D eigenvalue weighted by Gasteiger charge is -2.29. The van der Waals surface area contributed by atoms with Crippen LogP contribution in [0.25, 0.3) is 0 Å². The Labute approximate surface area is 153 Å². The molecule has 0 unspecified atom stereocenters. The van der Waals surface area contributed by atoms with Crippen molar-refractivity contribution in [2.75, 3.05) is 0 Å². The minimum absolute atomic E-state index is 0.400. The van der Waals surface area contributed by atoms with Crippen LogP contribution in [-0.4, -0.2) is 5.97 Å². The first-order valence-corrected chi connectivity index (χ1v) is 10.2. The molecule has 0 aliphatic heterocycles. The largest absolute Gasteiger partial charge is 0.423 e. The average molecular weight is 343 g/mol. The van der Waals surface area contributed by atoms with Crippen LogP contribution in [0.2, 0.25) is 0 Å². The van der Waals surface area contributed by atoms with Crippen LogP contribution in [0, 0.1) is 5.92 Å². The van der Waals surface area contributed by atoms with Gasteiger partial charge in [0, 0.05) is 6.08 Å². The van der Waals surface area contributed by atoms with Gasteiger partial charge in [0.2, 0.25) is 0 Å². The molecule has 0 spiro atoms. The van der Waals surface area contributed by atoms with Crippen molar-refractivity contribution in [3.8, 4) is 5.75 Å². The Kier molecular flexibility index (Phi) is 8.79. The third-order valence-corrected chi connectivity index (χ3v) is 5.55. The third kappa shape index (κ3) is 7.05. The Balaban J connectivity index is 1.67. The molecule has 1 saturated carbocycles. The maximum absolute atomic E-state index is 11.2. The minimum Gasteiger partial charge on any atom is -0.423 e. The average Bonchev–Trinajstić information content (AvgIpc) is 2.65. The molecule has 0 radical (unpaired) electrons. The fourth-order valence-corrected chi connectivity index (χ4v) is 3.96. The van der Waals surface area contributed by atoms with Crippen LogP contribution >= 0.6 is 0 Å². The summed E-state index contributed by atoms with van der Waals surface area (Å²) in [5.74, 6) is 1.81. The first-order chi connectivity index (χ1) is 12.2. The van der Waals surface area contributed by atoms with E-state index < -0.39 is 5.97 Å². The van der Waals surface area contributed by atoms with Gasteiger partial charge >= 0.3 is 5.97 Å². The van der Waals surface area contributed by atoms with Crippen LogP contribution in [0.1, 0.15) is 89.0 Å². The second-order valence-electron chi connectivity index (χ2n) is 7.47. The molecule has 1 fully saturated rings. The van der Waals surface area contributed by atoms with Crippen molar-refractivity contribution in [3.05, 3.63) is 42.5 Å². The number of rotatable bonds is 10. The van der Waals surface area contributed by atoms with Gasteiger partial charge in [-0.2, -0.15) is 0 Å². The van der Waals surface area contributed by atoms with Crippen molar-refractivity contribution < 1.29 is 9.53 Å². The highest BCUT2D eigenvalue weighted by molar-refractivity contribution is 5.83. The first-order valence-electron chi connectivity index (χ1n) is 10.2. The normalized spacial score (nSPS) is 20.2. The highest BCUT2D eigenvalue weighted by Gasteiger charge is 2.22. The summed E-state index contributed by atoms with van der Waals surface area (Å²) < 4.78 is 5.15. The van der Waals surface area contributed by atoms with Crippen molar-refractivity contribution in [1.29, 1.82) is 0 Å². The summed E-state index contributed by atoms with van der Waals surface area (Å²) in [6.07, 6.45) is 16.4. The van der Waals surface area contributed by atoms with Gasteiger partial charge in [-0.25, -0.2) is 4.79 Å². The predicted octanol–water partition coefficient (Wildman–Crippen LogP) is 6.80.